The highest BCUT2D eigenvalue weighted by Gasteiger charge is 2.65. The van der Waals surface area contributed by atoms with Crippen LogP contribution in [0.1, 0.15) is 89.7 Å². The molecule has 12 heteroatoms. The van der Waals surface area contributed by atoms with Crippen molar-refractivity contribution in [2.24, 2.45) is 22.9 Å². The molecule has 2 aliphatic heterocycles. The van der Waals surface area contributed by atoms with Crippen molar-refractivity contribution in [1.82, 2.24) is 4.90 Å². The first-order valence-corrected chi connectivity index (χ1v) is 20.4. The van der Waals surface area contributed by atoms with Gasteiger partial charge in [0.05, 0.1) is 24.8 Å². The van der Waals surface area contributed by atoms with E-state index in [1.807, 2.05) is 51.1 Å². The molecular formula is C45H60N2O10. The van der Waals surface area contributed by atoms with Gasteiger partial charge in [-0.3, -0.25) is 4.90 Å². The third-order valence-electron chi connectivity index (χ3n) is 11.1. The van der Waals surface area contributed by atoms with E-state index in [0.717, 1.165) is 42.4 Å². The van der Waals surface area contributed by atoms with Crippen LogP contribution in [0.2, 0.25) is 0 Å². The van der Waals surface area contributed by atoms with Gasteiger partial charge in [-0.25, -0.2) is 4.79 Å². The number of carbonyl (C=O) groups excluding carboxylic acids is 1. The average Bonchev–Trinajstić information content (AvgIpc) is 3.67. The van der Waals surface area contributed by atoms with Crippen molar-refractivity contribution in [2.45, 2.75) is 103 Å². The number of fused-ring (bicyclic) bond motifs is 3. The van der Waals surface area contributed by atoms with E-state index in [1.165, 1.54) is 0 Å². The fourth-order valence-corrected chi connectivity index (χ4v) is 8.83. The molecule has 2 aliphatic carbocycles. The molecule has 2 aromatic rings. The molecule has 0 aromatic heterocycles. The van der Waals surface area contributed by atoms with Crippen LogP contribution in [0.3, 0.4) is 0 Å². The molecule has 2 N–H and O–H groups in total. The fraction of sp³-hybridized carbons (Fsp3) is 0.556. The van der Waals surface area contributed by atoms with Crippen molar-refractivity contribution >= 4 is 11.8 Å². The number of nitrogens with zero attached hydrogens (tertiary/aromatic N) is 2. The van der Waals surface area contributed by atoms with E-state index in [9.17, 15) is 15.0 Å². The van der Waals surface area contributed by atoms with Crippen molar-refractivity contribution < 1.29 is 48.3 Å². The van der Waals surface area contributed by atoms with E-state index < -0.39 is 29.4 Å². The minimum atomic E-state index is -1.43. The Hall–Kier alpha value is -4.52. The topological polar surface area (TPSA) is 138 Å². The Balaban J connectivity index is 1.61. The number of hydrogen-bond donors (Lipinski definition) is 2. The van der Waals surface area contributed by atoms with Crippen LogP contribution in [0.4, 0.5) is 4.79 Å². The molecule has 0 unspecified atom stereocenters. The summed E-state index contributed by atoms with van der Waals surface area (Å²) in [6.07, 6.45) is 10.1. The van der Waals surface area contributed by atoms with Crippen LogP contribution < -0.4 is 18.9 Å². The van der Waals surface area contributed by atoms with Gasteiger partial charge in [0.2, 0.25) is 12.6 Å². The lowest BCUT2D eigenvalue weighted by molar-refractivity contribution is -0.256. The Labute approximate surface area is 337 Å². The second-order valence-electron chi connectivity index (χ2n) is 16.1. The van der Waals surface area contributed by atoms with Gasteiger partial charge in [0.15, 0.2) is 11.5 Å². The largest absolute Gasteiger partial charge is 0.490 e. The molecule has 1 fully saturated rings. The van der Waals surface area contributed by atoms with E-state index in [0.29, 0.717) is 48.2 Å². The molecule has 0 radical (unpaired) electrons. The maximum absolute atomic E-state index is 14.4. The lowest BCUT2D eigenvalue weighted by Crippen LogP contribution is -2.70. The lowest BCUT2D eigenvalue weighted by atomic mass is 9.55. The summed E-state index contributed by atoms with van der Waals surface area (Å²) in [6.45, 7) is 16.7. The van der Waals surface area contributed by atoms with Crippen LogP contribution in [0.15, 0.2) is 78.5 Å². The molecule has 2 heterocycles. The van der Waals surface area contributed by atoms with E-state index in [-0.39, 0.29) is 63.9 Å². The van der Waals surface area contributed by atoms with Gasteiger partial charge in [0.25, 0.3) is 0 Å². The van der Waals surface area contributed by atoms with Crippen LogP contribution in [-0.2, 0) is 20.9 Å². The standard InChI is InChI=1S/C45H60N2O10/c1-7-22-52-32-17-19-37-35(26-32)41-33(15-11-13-21-49)31(14-10-12-20-48)25-34-36(46-57-44(4,5)6)27-40(45(56-37,42(34)41)55-23-8-2)47(43(50)51-9-3)28-30-16-18-38-39(24-30)54-29-53-38/h7-8,16-19,24-26,31,33,40-42,48-49H,1-2,9-15,20-23,27-29H2,3-6H3/t31-,33+,40-,41+,42+,45+/m0/s1. The minimum absolute atomic E-state index is 0.0708. The number of benzene rings is 2. The molecule has 0 bridgehead atoms. The average molecular weight is 789 g/mol. The summed E-state index contributed by atoms with van der Waals surface area (Å²) >= 11 is 0. The van der Waals surface area contributed by atoms with Gasteiger partial charge >= 0.3 is 6.09 Å². The molecule has 57 heavy (non-hydrogen) atoms. The molecule has 6 rings (SSSR count). The number of ether oxygens (including phenoxy) is 6. The minimum Gasteiger partial charge on any atom is -0.490 e. The third-order valence-corrected chi connectivity index (χ3v) is 11.1. The summed E-state index contributed by atoms with van der Waals surface area (Å²) in [5.74, 6) is 0.637. The highest BCUT2D eigenvalue weighted by Crippen LogP contribution is 2.62. The maximum atomic E-state index is 14.4. The Morgan fingerprint density at radius 3 is 2.44 bits per heavy atom. The summed E-state index contributed by atoms with van der Waals surface area (Å²) < 4.78 is 37.6. The number of hydrogen-bond acceptors (Lipinski definition) is 11. The van der Waals surface area contributed by atoms with Gasteiger partial charge in [0, 0.05) is 37.7 Å². The van der Waals surface area contributed by atoms with Crippen LogP contribution in [0.5, 0.6) is 23.0 Å². The summed E-state index contributed by atoms with van der Waals surface area (Å²) in [4.78, 5) is 22.4. The number of unbranched alkanes of at least 4 members (excludes halogenated alkanes) is 2. The normalized spacial score (nSPS) is 25.1. The van der Waals surface area contributed by atoms with Gasteiger partial charge in [-0.15, -0.1) is 6.58 Å². The summed E-state index contributed by atoms with van der Waals surface area (Å²) in [6, 6.07) is 10.8. The first kappa shape index (κ1) is 42.1. The molecule has 2 aromatic carbocycles. The van der Waals surface area contributed by atoms with E-state index in [4.69, 9.17) is 38.4 Å². The zero-order valence-electron chi connectivity index (χ0n) is 34.0. The highest BCUT2D eigenvalue weighted by molar-refractivity contribution is 6.03. The maximum Gasteiger partial charge on any atom is 0.410 e. The molecule has 6 atom stereocenters. The number of amides is 1. The van der Waals surface area contributed by atoms with Crippen molar-refractivity contribution in [3.63, 3.8) is 0 Å². The van der Waals surface area contributed by atoms with E-state index in [1.54, 1.807) is 24.0 Å². The predicted octanol–water partition coefficient (Wildman–Crippen LogP) is 8.07. The van der Waals surface area contributed by atoms with Crippen LogP contribution in [0, 0.1) is 17.8 Å². The van der Waals surface area contributed by atoms with Crippen molar-refractivity contribution in [3.05, 3.63) is 84.5 Å². The van der Waals surface area contributed by atoms with E-state index in [2.05, 4.69) is 25.3 Å². The molecule has 4 aliphatic rings. The van der Waals surface area contributed by atoms with Crippen molar-refractivity contribution in [2.75, 3.05) is 39.8 Å². The summed E-state index contributed by atoms with van der Waals surface area (Å²) in [5.41, 5.74) is 2.84. The monoisotopic (exact) mass is 788 g/mol. The van der Waals surface area contributed by atoms with Crippen molar-refractivity contribution in [3.8, 4) is 23.0 Å². The van der Waals surface area contributed by atoms with Gasteiger partial charge in [-0.1, -0.05) is 48.9 Å². The number of aliphatic hydroxyl groups excluding tert-OH is 2. The molecule has 0 spiro atoms. The van der Waals surface area contributed by atoms with Crippen LogP contribution in [0.25, 0.3) is 0 Å². The fourth-order valence-electron chi connectivity index (χ4n) is 8.83. The zero-order valence-corrected chi connectivity index (χ0v) is 34.0. The predicted molar refractivity (Wildman–Crippen MR) is 217 cm³/mol. The van der Waals surface area contributed by atoms with E-state index >= 15 is 0 Å². The second kappa shape index (κ2) is 18.8. The Kier molecular flexibility index (Phi) is 13.9. The quantitative estimate of drug-likeness (QED) is 0.0817. The van der Waals surface area contributed by atoms with Gasteiger partial charge < -0.3 is 43.5 Å². The Morgan fingerprint density at radius 1 is 0.982 bits per heavy atom. The zero-order chi connectivity index (χ0) is 40.6. The molecule has 1 saturated carbocycles. The third kappa shape index (κ3) is 9.29. The molecule has 12 nitrogen and oxygen atoms in total. The number of aliphatic hydroxyl groups is 2. The molecule has 1 amide bonds. The van der Waals surface area contributed by atoms with Crippen LogP contribution >= 0.6 is 0 Å². The van der Waals surface area contributed by atoms with Gasteiger partial charge in [-0.2, -0.15) is 0 Å². The first-order chi connectivity index (χ1) is 27.6. The Morgan fingerprint density at radius 2 is 1.72 bits per heavy atom. The molecule has 310 valence electrons. The summed E-state index contributed by atoms with van der Waals surface area (Å²) in [5, 5.41) is 24.7. The number of allylic oxidation sites excluding steroid dienone is 1. The van der Waals surface area contributed by atoms with Gasteiger partial charge in [0.1, 0.15) is 29.7 Å². The smallest absolute Gasteiger partial charge is 0.410 e. The highest BCUT2D eigenvalue weighted by atomic mass is 16.7. The summed E-state index contributed by atoms with van der Waals surface area (Å²) in [7, 11) is 0. The lowest BCUT2D eigenvalue weighted by Gasteiger charge is -2.60. The Bertz CT molecular complexity index is 1790. The molecule has 0 saturated heterocycles. The molecular weight excluding hydrogens is 728 g/mol. The number of rotatable bonds is 19. The first-order valence-electron chi connectivity index (χ1n) is 20.4. The second-order valence-corrected chi connectivity index (χ2v) is 16.1. The van der Waals surface area contributed by atoms with Crippen molar-refractivity contribution in [1.29, 1.82) is 0 Å². The van der Waals surface area contributed by atoms with Crippen LogP contribution in [-0.4, -0.2) is 84.2 Å². The number of oxime groups is 1. The number of carbonyl (C=O) groups is 1. The van der Waals surface area contributed by atoms with Gasteiger partial charge in [-0.05, 0) is 107 Å². The SMILES string of the molecule is C=CCOc1ccc2c(c1)[C@H]1[C@H](CCCCO)[C@@H](CCCCO)C=C3C(=NOC(C)(C)C)C[C@H](N(Cc4ccc5c(c4)OCO5)C(=O)OCC)[C@@](OCC=C)(O2)[C@H]31.